The van der Waals surface area contributed by atoms with E-state index >= 15 is 0 Å². The van der Waals surface area contributed by atoms with E-state index in [-0.39, 0.29) is 17.4 Å². The van der Waals surface area contributed by atoms with Gasteiger partial charge in [-0.25, -0.2) is 0 Å². The van der Waals surface area contributed by atoms with Gasteiger partial charge in [0.25, 0.3) is 5.91 Å². The highest BCUT2D eigenvalue weighted by Crippen LogP contribution is 2.45. The fraction of sp³-hybridized carbons (Fsp3) is 0.304. The highest BCUT2D eigenvalue weighted by Gasteiger charge is 2.42. The second kappa shape index (κ2) is 8.31. The van der Waals surface area contributed by atoms with E-state index in [2.05, 4.69) is 10.2 Å². The van der Waals surface area contributed by atoms with Crippen molar-refractivity contribution in [3.63, 3.8) is 0 Å². The van der Waals surface area contributed by atoms with Crippen LogP contribution in [0.25, 0.3) is 11.3 Å². The van der Waals surface area contributed by atoms with Crippen LogP contribution in [0.2, 0.25) is 0 Å². The molecule has 2 aromatic carbocycles. The summed E-state index contributed by atoms with van der Waals surface area (Å²) in [4.78, 5) is 14.9. The van der Waals surface area contributed by atoms with Crippen LogP contribution in [-0.4, -0.2) is 58.1 Å². The average Bonchev–Trinajstić information content (AvgIpc) is 3.29. The molecule has 0 saturated carbocycles. The smallest absolute Gasteiger partial charge is 0.273 e. The third-order valence-electron chi connectivity index (χ3n) is 5.41. The number of phenolic OH excluding ortho intramolecular Hbond substituents is 2. The summed E-state index contributed by atoms with van der Waals surface area (Å²) in [6, 6.07) is 9.85. The minimum absolute atomic E-state index is 0.0299. The van der Waals surface area contributed by atoms with E-state index in [1.165, 1.54) is 0 Å². The molecule has 3 aromatic rings. The molecule has 1 amide bonds. The number of fused-ring (bicyclic) bond motifs is 1. The number of carbonyl (C=O) groups is 1. The van der Waals surface area contributed by atoms with E-state index in [1.54, 1.807) is 36.3 Å². The van der Waals surface area contributed by atoms with Gasteiger partial charge in [0.2, 0.25) is 0 Å². The van der Waals surface area contributed by atoms with Gasteiger partial charge in [-0.2, -0.15) is 5.10 Å². The Morgan fingerprint density at radius 1 is 1.16 bits per heavy atom. The third-order valence-corrected chi connectivity index (χ3v) is 5.41. The predicted octanol–water partition coefficient (Wildman–Crippen LogP) is 3.39. The number of ether oxygens (including phenoxy) is 2. The maximum Gasteiger partial charge on any atom is 0.273 e. The monoisotopic (exact) mass is 423 g/mol. The lowest BCUT2D eigenvalue weighted by molar-refractivity contribution is 0.0677. The Balaban J connectivity index is 1.89. The quantitative estimate of drug-likeness (QED) is 0.538. The van der Waals surface area contributed by atoms with Crippen molar-refractivity contribution in [2.45, 2.75) is 19.9 Å². The number of H-pyrrole nitrogens is 1. The van der Waals surface area contributed by atoms with Crippen LogP contribution in [0.1, 0.15) is 40.1 Å². The van der Waals surface area contributed by atoms with E-state index in [1.807, 2.05) is 26.0 Å². The molecule has 0 radical (unpaired) electrons. The van der Waals surface area contributed by atoms with Crippen LogP contribution in [0.4, 0.5) is 0 Å². The number of methoxy groups -OCH3 is 1. The summed E-state index contributed by atoms with van der Waals surface area (Å²) < 4.78 is 10.8. The van der Waals surface area contributed by atoms with Gasteiger partial charge in [0.15, 0.2) is 11.5 Å². The molecule has 0 spiro atoms. The highest BCUT2D eigenvalue weighted by molar-refractivity contribution is 6.00. The SMILES string of the molecule is CCOc1cc([C@@H]2c3c(-c4cc(C)ccc4O)n[nH]c3C(=O)N2CCOC)ccc1O. The minimum Gasteiger partial charge on any atom is -0.507 e. The van der Waals surface area contributed by atoms with Gasteiger partial charge in [0.05, 0.1) is 19.3 Å². The zero-order valence-electron chi connectivity index (χ0n) is 17.7. The summed E-state index contributed by atoms with van der Waals surface area (Å²) in [5.74, 6) is 0.259. The van der Waals surface area contributed by atoms with Gasteiger partial charge in [0, 0.05) is 24.8 Å². The maximum atomic E-state index is 13.2. The van der Waals surface area contributed by atoms with Gasteiger partial charge in [-0.3, -0.25) is 9.89 Å². The van der Waals surface area contributed by atoms with Gasteiger partial charge in [-0.05, 0) is 43.7 Å². The van der Waals surface area contributed by atoms with Crippen molar-refractivity contribution < 1.29 is 24.5 Å². The van der Waals surface area contributed by atoms with Gasteiger partial charge < -0.3 is 24.6 Å². The molecule has 162 valence electrons. The lowest BCUT2D eigenvalue weighted by atomic mass is 9.95. The van der Waals surface area contributed by atoms with Crippen molar-refractivity contribution >= 4 is 5.91 Å². The Morgan fingerprint density at radius 2 is 1.94 bits per heavy atom. The first-order valence-corrected chi connectivity index (χ1v) is 10.1. The second-order valence-corrected chi connectivity index (χ2v) is 7.44. The largest absolute Gasteiger partial charge is 0.507 e. The molecule has 2 heterocycles. The van der Waals surface area contributed by atoms with Gasteiger partial charge in [-0.1, -0.05) is 17.7 Å². The Bertz CT molecular complexity index is 1120. The maximum absolute atomic E-state index is 13.2. The summed E-state index contributed by atoms with van der Waals surface area (Å²) in [6.45, 7) is 4.89. The van der Waals surface area contributed by atoms with Gasteiger partial charge >= 0.3 is 0 Å². The highest BCUT2D eigenvalue weighted by atomic mass is 16.5. The zero-order valence-corrected chi connectivity index (χ0v) is 17.7. The van der Waals surface area contributed by atoms with Crippen LogP contribution >= 0.6 is 0 Å². The van der Waals surface area contributed by atoms with Crippen molar-refractivity contribution in [2.24, 2.45) is 0 Å². The number of hydrogen-bond acceptors (Lipinski definition) is 6. The first-order valence-electron chi connectivity index (χ1n) is 10.1. The number of amides is 1. The number of hydrogen-bond donors (Lipinski definition) is 3. The minimum atomic E-state index is -0.480. The molecule has 1 aliphatic heterocycles. The van der Waals surface area contributed by atoms with E-state index < -0.39 is 6.04 Å². The Hall–Kier alpha value is -3.52. The molecule has 1 atom stereocenters. The summed E-state index contributed by atoms with van der Waals surface area (Å²) in [6.07, 6.45) is 0. The van der Waals surface area contributed by atoms with E-state index in [0.717, 1.165) is 11.1 Å². The van der Waals surface area contributed by atoms with Crippen molar-refractivity contribution in [2.75, 3.05) is 26.9 Å². The van der Waals surface area contributed by atoms with Crippen LogP contribution in [0.3, 0.4) is 0 Å². The van der Waals surface area contributed by atoms with Gasteiger partial charge in [0.1, 0.15) is 17.1 Å². The van der Waals surface area contributed by atoms with E-state index in [0.29, 0.717) is 48.0 Å². The molecule has 0 bridgehead atoms. The normalized spacial score (nSPS) is 15.4. The van der Waals surface area contributed by atoms with Crippen molar-refractivity contribution in [1.82, 2.24) is 15.1 Å². The van der Waals surface area contributed by atoms with Crippen LogP contribution in [0.15, 0.2) is 36.4 Å². The Morgan fingerprint density at radius 3 is 2.68 bits per heavy atom. The lowest BCUT2D eigenvalue weighted by Crippen LogP contribution is -2.32. The molecule has 8 heteroatoms. The number of carbonyl (C=O) groups excluding carboxylic acids is 1. The number of rotatable bonds is 7. The molecule has 31 heavy (non-hydrogen) atoms. The number of aromatic nitrogens is 2. The fourth-order valence-electron chi connectivity index (χ4n) is 3.98. The molecule has 0 fully saturated rings. The zero-order chi connectivity index (χ0) is 22.1. The summed E-state index contributed by atoms with van der Waals surface area (Å²) in [5.41, 5.74) is 3.84. The molecule has 1 aromatic heterocycles. The molecule has 0 saturated heterocycles. The first-order chi connectivity index (χ1) is 15.0. The van der Waals surface area contributed by atoms with Crippen LogP contribution in [0, 0.1) is 6.92 Å². The summed E-state index contributed by atoms with van der Waals surface area (Å²) in [7, 11) is 1.58. The number of aryl methyl sites for hydroxylation is 1. The molecule has 1 aliphatic rings. The second-order valence-electron chi connectivity index (χ2n) is 7.44. The van der Waals surface area contributed by atoms with Crippen LogP contribution < -0.4 is 4.74 Å². The molecule has 4 rings (SSSR count). The number of aromatic amines is 1. The molecular weight excluding hydrogens is 398 g/mol. The van der Waals surface area contributed by atoms with Crippen molar-refractivity contribution in [1.29, 1.82) is 0 Å². The number of nitrogens with zero attached hydrogens (tertiary/aromatic N) is 2. The Kier molecular flexibility index (Phi) is 5.56. The molecular formula is C23H25N3O5. The van der Waals surface area contributed by atoms with Gasteiger partial charge in [-0.15, -0.1) is 0 Å². The van der Waals surface area contributed by atoms with Crippen LogP contribution in [-0.2, 0) is 4.74 Å². The number of nitrogens with one attached hydrogen (secondary N) is 1. The molecule has 3 N–H and O–H groups in total. The molecule has 0 unspecified atom stereocenters. The number of phenols is 2. The van der Waals surface area contributed by atoms with Crippen LogP contribution in [0.5, 0.6) is 17.2 Å². The standard InChI is InChI=1S/C23H25N3O5/c1-4-31-18-12-14(6-8-17(18)28)22-19-20(15-11-13(2)5-7-16(15)27)24-25-21(19)23(29)26(22)9-10-30-3/h5-8,11-12,22,27-28H,4,9-10H2,1-3H3,(H,24,25)/t22-/m1/s1. The summed E-state index contributed by atoms with van der Waals surface area (Å²) >= 11 is 0. The third kappa shape index (κ3) is 3.59. The molecule has 0 aliphatic carbocycles. The van der Waals surface area contributed by atoms with E-state index in [4.69, 9.17) is 9.47 Å². The topological polar surface area (TPSA) is 108 Å². The van der Waals surface area contributed by atoms with E-state index in [9.17, 15) is 15.0 Å². The first kappa shape index (κ1) is 20.7. The summed E-state index contributed by atoms with van der Waals surface area (Å²) in [5, 5.41) is 27.9. The number of aromatic hydroxyl groups is 2. The molecule has 8 nitrogen and oxygen atoms in total. The lowest BCUT2D eigenvalue weighted by Gasteiger charge is -2.26. The number of benzene rings is 2. The predicted molar refractivity (Wildman–Crippen MR) is 114 cm³/mol. The fourth-order valence-corrected chi connectivity index (χ4v) is 3.98. The Labute approximate surface area is 180 Å². The average molecular weight is 423 g/mol. The van der Waals surface area contributed by atoms with Crippen molar-refractivity contribution in [3.8, 4) is 28.5 Å². The van der Waals surface area contributed by atoms with Crippen molar-refractivity contribution in [3.05, 3.63) is 58.8 Å².